The lowest BCUT2D eigenvalue weighted by molar-refractivity contribution is 0.0499. The highest BCUT2D eigenvalue weighted by Gasteiger charge is 2.31. The lowest BCUT2D eigenvalue weighted by atomic mass is 10.0. The van der Waals surface area contributed by atoms with Crippen molar-refractivity contribution in [1.29, 1.82) is 0 Å². The van der Waals surface area contributed by atoms with Crippen molar-refractivity contribution in [2.45, 2.75) is 32.2 Å². The molecule has 0 radical (unpaired) electrons. The molecule has 0 unspecified atom stereocenters. The van der Waals surface area contributed by atoms with Gasteiger partial charge in [0.1, 0.15) is 5.58 Å². The van der Waals surface area contributed by atoms with Gasteiger partial charge in [0.05, 0.1) is 4.47 Å². The van der Waals surface area contributed by atoms with E-state index in [-0.39, 0.29) is 17.9 Å². The van der Waals surface area contributed by atoms with Gasteiger partial charge in [-0.2, -0.15) is 0 Å². The molecule has 6 heteroatoms. The van der Waals surface area contributed by atoms with E-state index in [4.69, 9.17) is 4.42 Å². The third kappa shape index (κ3) is 4.15. The molecule has 1 aliphatic rings. The highest BCUT2D eigenvalue weighted by atomic mass is 79.9. The molecule has 3 aromatic rings. The number of hydrogen-bond acceptors (Lipinski definition) is 3. The molecule has 2 amide bonds. The van der Waals surface area contributed by atoms with Gasteiger partial charge in [0.15, 0.2) is 5.76 Å². The van der Waals surface area contributed by atoms with Gasteiger partial charge in [0.2, 0.25) is 0 Å². The molecule has 1 aromatic heterocycles. The Morgan fingerprint density at radius 2 is 1.83 bits per heavy atom. The van der Waals surface area contributed by atoms with Crippen LogP contribution in [0, 0.1) is 0 Å². The Labute approximate surface area is 184 Å². The topological polar surface area (TPSA) is 53.8 Å². The van der Waals surface area contributed by atoms with Gasteiger partial charge >= 0.3 is 0 Å². The number of fused-ring (bicyclic) bond motifs is 1. The van der Waals surface area contributed by atoms with Crippen LogP contribution in [0.25, 0.3) is 11.0 Å². The zero-order valence-electron chi connectivity index (χ0n) is 17.0. The predicted octanol–water partition coefficient (Wildman–Crippen LogP) is 5.35. The van der Waals surface area contributed by atoms with Crippen LogP contribution < -0.4 is 0 Å². The van der Waals surface area contributed by atoms with E-state index in [0.29, 0.717) is 36.5 Å². The Kier molecular flexibility index (Phi) is 6.23. The molecule has 5 nitrogen and oxygen atoms in total. The number of furan rings is 1. The van der Waals surface area contributed by atoms with E-state index in [9.17, 15) is 9.59 Å². The van der Waals surface area contributed by atoms with Crippen molar-refractivity contribution in [2.24, 2.45) is 0 Å². The molecule has 0 saturated carbocycles. The van der Waals surface area contributed by atoms with Crippen LogP contribution in [0.4, 0.5) is 0 Å². The van der Waals surface area contributed by atoms with Gasteiger partial charge in [-0.3, -0.25) is 9.59 Å². The number of para-hydroxylation sites is 1. The summed E-state index contributed by atoms with van der Waals surface area (Å²) in [5, 5.41) is 0.910. The van der Waals surface area contributed by atoms with Crippen molar-refractivity contribution in [1.82, 2.24) is 9.80 Å². The number of likely N-dealkylation sites (tertiary alicyclic amines) is 1. The number of halogens is 1. The van der Waals surface area contributed by atoms with Gasteiger partial charge in [0, 0.05) is 36.6 Å². The van der Waals surface area contributed by atoms with Crippen LogP contribution >= 0.6 is 15.9 Å². The summed E-state index contributed by atoms with van der Waals surface area (Å²) in [7, 11) is 0. The van der Waals surface area contributed by atoms with Crippen LogP contribution in [0.3, 0.4) is 0 Å². The molecule has 30 heavy (non-hydrogen) atoms. The maximum absolute atomic E-state index is 13.3. The van der Waals surface area contributed by atoms with Crippen LogP contribution in [0.1, 0.15) is 47.1 Å². The first-order valence-electron chi connectivity index (χ1n) is 10.4. The predicted molar refractivity (Wildman–Crippen MR) is 121 cm³/mol. The Morgan fingerprint density at radius 1 is 1.10 bits per heavy atom. The summed E-state index contributed by atoms with van der Waals surface area (Å²) in [5.41, 5.74) is 1.41. The van der Waals surface area contributed by atoms with E-state index >= 15 is 0 Å². The zero-order valence-corrected chi connectivity index (χ0v) is 18.6. The smallest absolute Gasteiger partial charge is 0.289 e. The molecular weight excluding hydrogens is 444 g/mol. The summed E-state index contributed by atoms with van der Waals surface area (Å²) >= 11 is 3.49. The first-order chi connectivity index (χ1) is 14.6. The fraction of sp³-hybridized carbons (Fsp3) is 0.333. The van der Waals surface area contributed by atoms with Gasteiger partial charge in [-0.25, -0.2) is 0 Å². The molecule has 4 rings (SSSR count). The number of nitrogens with zero attached hydrogens (tertiary/aromatic N) is 2. The molecule has 1 saturated heterocycles. The molecule has 1 fully saturated rings. The average Bonchev–Trinajstić information content (AvgIpc) is 3.23. The van der Waals surface area contributed by atoms with E-state index < -0.39 is 0 Å². The van der Waals surface area contributed by atoms with Crippen LogP contribution in [0.15, 0.2) is 63.5 Å². The van der Waals surface area contributed by atoms with Crippen molar-refractivity contribution < 1.29 is 14.0 Å². The average molecular weight is 469 g/mol. The second-order valence-electron chi connectivity index (χ2n) is 7.66. The quantitative estimate of drug-likeness (QED) is 0.506. The number of rotatable bonds is 5. The third-order valence-corrected chi connectivity index (χ3v) is 6.27. The van der Waals surface area contributed by atoms with E-state index in [1.54, 1.807) is 0 Å². The molecule has 156 valence electrons. The van der Waals surface area contributed by atoms with E-state index in [1.165, 1.54) is 0 Å². The summed E-state index contributed by atoms with van der Waals surface area (Å²) in [6.45, 7) is 4.05. The lowest BCUT2D eigenvalue weighted by Gasteiger charge is -2.38. The summed E-state index contributed by atoms with van der Waals surface area (Å²) in [4.78, 5) is 29.8. The van der Waals surface area contributed by atoms with Crippen molar-refractivity contribution in [3.05, 3.63) is 70.4 Å². The Morgan fingerprint density at radius 3 is 2.50 bits per heavy atom. The molecule has 1 aliphatic heterocycles. The Balaban J connectivity index is 1.47. The normalized spacial score (nSPS) is 14.8. The fourth-order valence-electron chi connectivity index (χ4n) is 4.11. The largest absolute Gasteiger partial charge is 0.450 e. The first-order valence-corrected chi connectivity index (χ1v) is 11.2. The molecule has 2 aromatic carbocycles. The van der Waals surface area contributed by atoms with Crippen LogP contribution in [-0.4, -0.2) is 47.3 Å². The van der Waals surface area contributed by atoms with Crippen LogP contribution in [-0.2, 0) is 0 Å². The second kappa shape index (κ2) is 9.04. The number of carbonyl (C=O) groups is 2. The second-order valence-corrected chi connectivity index (χ2v) is 8.51. The third-order valence-electron chi connectivity index (χ3n) is 5.65. The minimum atomic E-state index is -0.0761. The van der Waals surface area contributed by atoms with Crippen molar-refractivity contribution in [3.8, 4) is 0 Å². The van der Waals surface area contributed by atoms with E-state index in [2.05, 4.69) is 22.9 Å². The Bertz CT molecular complexity index is 1040. The SMILES string of the molecule is CCCN(C(=O)c1cc2cccc(Br)c2o1)C1CCN(C(=O)c2ccccc2)CC1. The summed E-state index contributed by atoms with van der Waals surface area (Å²) in [6.07, 6.45) is 2.42. The van der Waals surface area contributed by atoms with Gasteiger partial charge in [-0.15, -0.1) is 0 Å². The number of amides is 2. The highest BCUT2D eigenvalue weighted by Crippen LogP contribution is 2.29. The minimum Gasteiger partial charge on any atom is -0.450 e. The van der Waals surface area contributed by atoms with Gasteiger partial charge in [0.25, 0.3) is 11.8 Å². The minimum absolute atomic E-state index is 0.0598. The molecular formula is C24H25BrN2O3. The summed E-state index contributed by atoms with van der Waals surface area (Å²) < 4.78 is 6.73. The molecule has 0 spiro atoms. The number of benzene rings is 2. The molecule has 0 N–H and O–H groups in total. The standard InChI is InChI=1S/C24H25BrN2O3/c1-2-13-27(24(29)21-16-18-9-6-10-20(25)22(18)30-21)19-11-14-26(15-12-19)23(28)17-7-4-3-5-8-17/h3-10,16,19H,2,11-15H2,1H3. The molecule has 0 aliphatic carbocycles. The first kappa shape index (κ1) is 20.7. The number of piperidine rings is 1. The van der Waals surface area contributed by atoms with E-state index in [1.807, 2.05) is 64.4 Å². The fourth-order valence-corrected chi connectivity index (χ4v) is 4.57. The lowest BCUT2D eigenvalue weighted by Crippen LogP contribution is -2.49. The number of hydrogen-bond donors (Lipinski definition) is 0. The summed E-state index contributed by atoms with van der Waals surface area (Å²) in [5.74, 6) is 0.352. The van der Waals surface area contributed by atoms with Crippen molar-refractivity contribution in [2.75, 3.05) is 19.6 Å². The summed E-state index contributed by atoms with van der Waals surface area (Å²) in [6, 6.07) is 17.1. The van der Waals surface area contributed by atoms with Gasteiger partial charge < -0.3 is 14.2 Å². The van der Waals surface area contributed by atoms with E-state index in [0.717, 1.165) is 29.1 Å². The molecule has 0 atom stereocenters. The van der Waals surface area contributed by atoms with Gasteiger partial charge in [-0.1, -0.05) is 37.3 Å². The molecule has 0 bridgehead atoms. The van der Waals surface area contributed by atoms with Crippen molar-refractivity contribution >= 4 is 38.7 Å². The number of carbonyl (C=O) groups excluding carboxylic acids is 2. The van der Waals surface area contributed by atoms with Crippen LogP contribution in [0.2, 0.25) is 0 Å². The monoisotopic (exact) mass is 468 g/mol. The molecule has 2 heterocycles. The zero-order chi connectivity index (χ0) is 21.1. The maximum Gasteiger partial charge on any atom is 0.289 e. The maximum atomic E-state index is 13.3. The van der Waals surface area contributed by atoms with Gasteiger partial charge in [-0.05, 0) is 59.5 Å². The van der Waals surface area contributed by atoms with Crippen LogP contribution in [0.5, 0.6) is 0 Å². The Hall–Kier alpha value is -2.60. The van der Waals surface area contributed by atoms with Crippen molar-refractivity contribution in [3.63, 3.8) is 0 Å². The highest BCUT2D eigenvalue weighted by molar-refractivity contribution is 9.10.